The normalized spacial score (nSPS) is 38.2. The van der Waals surface area contributed by atoms with Gasteiger partial charge in [0.25, 0.3) is 0 Å². The highest BCUT2D eigenvalue weighted by atomic mass is 15.3. The Kier molecular flexibility index (Phi) is 2.82. The van der Waals surface area contributed by atoms with Crippen molar-refractivity contribution >= 4 is 0 Å². The molecule has 0 heterocycles. The molecule has 0 amide bonds. The topological polar surface area (TPSA) is 0 Å². The summed E-state index contributed by atoms with van der Waals surface area (Å²) in [7, 11) is 7.00. The molecule has 0 aromatic heterocycles. The number of quaternary nitrogens is 1. The second kappa shape index (κ2) is 3.37. The highest BCUT2D eigenvalue weighted by molar-refractivity contribution is 4.76. The summed E-state index contributed by atoms with van der Waals surface area (Å²) in [5.41, 5.74) is 0. The van der Waals surface area contributed by atoms with E-state index in [9.17, 15) is 0 Å². The molecule has 0 saturated heterocycles. The van der Waals surface area contributed by atoms with Crippen LogP contribution in [0.5, 0.6) is 0 Å². The van der Waals surface area contributed by atoms with Crippen LogP contribution in [0.1, 0.15) is 33.1 Å². The summed E-state index contributed by atoms with van der Waals surface area (Å²) >= 11 is 0. The van der Waals surface area contributed by atoms with Gasteiger partial charge in [0.2, 0.25) is 0 Å². The summed E-state index contributed by atoms with van der Waals surface area (Å²) in [5, 5.41) is 0. The van der Waals surface area contributed by atoms with Crippen LogP contribution < -0.4 is 0 Å². The third kappa shape index (κ3) is 2.22. The fourth-order valence-electron chi connectivity index (χ4n) is 2.58. The van der Waals surface area contributed by atoms with Gasteiger partial charge in [0, 0.05) is 12.3 Å². The fourth-order valence-corrected chi connectivity index (χ4v) is 2.58. The van der Waals surface area contributed by atoms with E-state index in [0.717, 1.165) is 22.4 Å². The van der Waals surface area contributed by atoms with Crippen molar-refractivity contribution < 1.29 is 4.48 Å². The van der Waals surface area contributed by atoms with E-state index in [0.29, 0.717) is 0 Å². The molecule has 1 nitrogen and oxygen atoms in total. The Balaban J connectivity index is 2.61. The van der Waals surface area contributed by atoms with E-state index in [1.165, 1.54) is 19.3 Å². The molecule has 1 heteroatoms. The SMILES string of the molecule is CC1CCC(C)C([N+](C)(C)C)C1. The summed E-state index contributed by atoms with van der Waals surface area (Å²) < 4.78 is 1.14. The van der Waals surface area contributed by atoms with E-state index in [1.807, 2.05) is 0 Å². The predicted molar refractivity (Wildman–Crippen MR) is 54.0 cm³/mol. The molecule has 0 radical (unpaired) electrons. The molecule has 0 N–H and O–H groups in total. The van der Waals surface area contributed by atoms with Crippen LogP contribution in [-0.2, 0) is 0 Å². The number of rotatable bonds is 1. The maximum atomic E-state index is 2.42. The largest absolute Gasteiger partial charge is 0.328 e. The Hall–Kier alpha value is -0.0400. The van der Waals surface area contributed by atoms with E-state index in [-0.39, 0.29) is 0 Å². The quantitative estimate of drug-likeness (QED) is 0.530. The standard InChI is InChI=1S/C11H24N/c1-9-6-7-10(2)11(8-9)12(3,4)5/h9-11H,6-8H2,1-5H3/q+1. The van der Waals surface area contributed by atoms with Crippen molar-refractivity contribution in [2.45, 2.75) is 39.2 Å². The second-order valence-electron chi connectivity index (χ2n) is 5.58. The lowest BCUT2D eigenvalue weighted by atomic mass is 9.79. The lowest BCUT2D eigenvalue weighted by Gasteiger charge is -2.42. The zero-order valence-electron chi connectivity index (χ0n) is 9.30. The molecular formula is C11H24N+. The molecule has 12 heavy (non-hydrogen) atoms. The van der Waals surface area contributed by atoms with E-state index in [2.05, 4.69) is 35.0 Å². The van der Waals surface area contributed by atoms with Gasteiger partial charge in [-0.2, -0.15) is 0 Å². The van der Waals surface area contributed by atoms with Crippen LogP contribution in [0.3, 0.4) is 0 Å². The van der Waals surface area contributed by atoms with Gasteiger partial charge in [-0.3, -0.25) is 0 Å². The first-order valence-corrected chi connectivity index (χ1v) is 5.22. The maximum Gasteiger partial charge on any atom is 0.0912 e. The summed E-state index contributed by atoms with van der Waals surface area (Å²) in [6.07, 6.45) is 4.30. The van der Waals surface area contributed by atoms with E-state index < -0.39 is 0 Å². The van der Waals surface area contributed by atoms with Crippen LogP contribution in [0.2, 0.25) is 0 Å². The number of hydrogen-bond donors (Lipinski definition) is 0. The minimum Gasteiger partial charge on any atom is -0.328 e. The van der Waals surface area contributed by atoms with Crippen LogP contribution in [-0.4, -0.2) is 31.7 Å². The van der Waals surface area contributed by atoms with Crippen LogP contribution in [0, 0.1) is 11.8 Å². The monoisotopic (exact) mass is 170 g/mol. The molecule has 3 unspecified atom stereocenters. The summed E-state index contributed by atoms with van der Waals surface area (Å²) in [5.74, 6) is 1.87. The molecule has 1 saturated carbocycles. The van der Waals surface area contributed by atoms with Crippen LogP contribution in [0.4, 0.5) is 0 Å². The molecule has 0 bridgehead atoms. The Labute approximate surface area is 77.4 Å². The molecule has 0 spiro atoms. The molecule has 0 aromatic rings. The predicted octanol–water partition coefficient (Wildman–Crippen LogP) is 2.52. The molecule has 0 aliphatic heterocycles. The number of hydrogen-bond acceptors (Lipinski definition) is 0. The zero-order chi connectivity index (χ0) is 9.35. The smallest absolute Gasteiger partial charge is 0.0912 e. The van der Waals surface area contributed by atoms with Crippen LogP contribution in [0.15, 0.2) is 0 Å². The molecule has 1 rings (SSSR count). The van der Waals surface area contributed by atoms with Gasteiger partial charge in [-0.1, -0.05) is 13.8 Å². The minimum atomic E-state index is 0.883. The van der Waals surface area contributed by atoms with Crippen molar-refractivity contribution in [3.63, 3.8) is 0 Å². The Morgan fingerprint density at radius 3 is 2.00 bits per heavy atom. The van der Waals surface area contributed by atoms with Gasteiger partial charge in [-0.15, -0.1) is 0 Å². The third-order valence-electron chi connectivity index (χ3n) is 3.41. The molecule has 3 atom stereocenters. The van der Waals surface area contributed by atoms with E-state index >= 15 is 0 Å². The van der Waals surface area contributed by atoms with Crippen molar-refractivity contribution in [1.29, 1.82) is 0 Å². The Morgan fingerprint density at radius 1 is 1.00 bits per heavy atom. The molecule has 1 aliphatic carbocycles. The average Bonchev–Trinajstić information content (AvgIpc) is 1.92. The van der Waals surface area contributed by atoms with Crippen LogP contribution in [0.25, 0.3) is 0 Å². The Morgan fingerprint density at radius 2 is 1.58 bits per heavy atom. The van der Waals surface area contributed by atoms with E-state index in [1.54, 1.807) is 0 Å². The van der Waals surface area contributed by atoms with Crippen molar-refractivity contribution in [2.75, 3.05) is 21.1 Å². The fraction of sp³-hybridized carbons (Fsp3) is 1.00. The minimum absolute atomic E-state index is 0.883. The maximum absolute atomic E-state index is 2.42. The Bertz CT molecular complexity index is 146. The lowest BCUT2D eigenvalue weighted by molar-refractivity contribution is -0.901. The molecule has 0 aromatic carbocycles. The molecule has 1 fully saturated rings. The zero-order valence-corrected chi connectivity index (χ0v) is 9.30. The molecule has 1 aliphatic rings. The first-order chi connectivity index (χ1) is 5.41. The summed E-state index contributed by atoms with van der Waals surface area (Å²) in [6.45, 7) is 4.81. The van der Waals surface area contributed by atoms with Gasteiger partial charge < -0.3 is 4.48 Å². The van der Waals surface area contributed by atoms with Crippen molar-refractivity contribution in [3.05, 3.63) is 0 Å². The average molecular weight is 170 g/mol. The second-order valence-corrected chi connectivity index (χ2v) is 5.58. The highest BCUT2D eigenvalue weighted by Gasteiger charge is 2.34. The van der Waals surface area contributed by atoms with Gasteiger partial charge in [0.05, 0.1) is 27.2 Å². The van der Waals surface area contributed by atoms with Gasteiger partial charge in [0.1, 0.15) is 0 Å². The van der Waals surface area contributed by atoms with Gasteiger partial charge >= 0.3 is 0 Å². The molecular weight excluding hydrogens is 146 g/mol. The van der Waals surface area contributed by atoms with Gasteiger partial charge in [0.15, 0.2) is 0 Å². The molecule has 72 valence electrons. The highest BCUT2D eigenvalue weighted by Crippen LogP contribution is 2.32. The summed E-state index contributed by atoms with van der Waals surface area (Å²) in [4.78, 5) is 0. The van der Waals surface area contributed by atoms with Crippen LogP contribution >= 0.6 is 0 Å². The summed E-state index contributed by atoms with van der Waals surface area (Å²) in [6, 6.07) is 0.883. The first kappa shape index (κ1) is 10.0. The third-order valence-corrected chi connectivity index (χ3v) is 3.41. The van der Waals surface area contributed by atoms with Crippen molar-refractivity contribution in [2.24, 2.45) is 11.8 Å². The first-order valence-electron chi connectivity index (χ1n) is 5.22. The lowest BCUT2D eigenvalue weighted by Crippen LogP contribution is -2.50. The van der Waals surface area contributed by atoms with Crippen molar-refractivity contribution in [3.8, 4) is 0 Å². The number of nitrogens with zero attached hydrogens (tertiary/aromatic N) is 1. The van der Waals surface area contributed by atoms with Crippen molar-refractivity contribution in [1.82, 2.24) is 0 Å². The van der Waals surface area contributed by atoms with Gasteiger partial charge in [-0.05, 0) is 18.8 Å². The van der Waals surface area contributed by atoms with E-state index in [4.69, 9.17) is 0 Å². The van der Waals surface area contributed by atoms with Gasteiger partial charge in [-0.25, -0.2) is 0 Å².